The molecule has 0 radical (unpaired) electrons. The van der Waals surface area contributed by atoms with Gasteiger partial charge in [0.2, 0.25) is 11.1 Å². The molecule has 2 bridgehead atoms. The van der Waals surface area contributed by atoms with Crippen LogP contribution < -0.4 is 5.32 Å². The lowest BCUT2D eigenvalue weighted by Gasteiger charge is -2.29. The highest BCUT2D eigenvalue weighted by atomic mass is 32.2. The summed E-state index contributed by atoms with van der Waals surface area (Å²) in [6.45, 7) is 4.12. The molecule has 0 spiro atoms. The molecule has 5 atom stereocenters. The van der Waals surface area contributed by atoms with Gasteiger partial charge in [0.15, 0.2) is 0 Å². The maximum absolute atomic E-state index is 12.5. The highest BCUT2D eigenvalue weighted by molar-refractivity contribution is 8.00. The van der Waals surface area contributed by atoms with Gasteiger partial charge in [-0.15, -0.1) is 5.10 Å². The van der Waals surface area contributed by atoms with E-state index in [1.807, 2.05) is 6.92 Å². The molecule has 0 saturated heterocycles. The summed E-state index contributed by atoms with van der Waals surface area (Å²) in [5, 5.41) is 11.0. The second-order valence-electron chi connectivity index (χ2n) is 7.67. The number of rotatable bonds is 6. The summed E-state index contributed by atoms with van der Waals surface area (Å²) in [7, 11) is 0. The number of carbonyl (C=O) groups is 1. The Morgan fingerprint density at radius 1 is 1.26 bits per heavy atom. The first-order valence-corrected chi connectivity index (χ1v) is 9.87. The van der Waals surface area contributed by atoms with Crippen molar-refractivity contribution in [3.05, 3.63) is 5.82 Å². The fraction of sp³-hybridized carbons (Fsp3) is 0.824. The zero-order valence-electron chi connectivity index (χ0n) is 13.9. The smallest absolute Gasteiger partial charge is 0.233 e. The van der Waals surface area contributed by atoms with Gasteiger partial charge in [0.05, 0.1) is 5.25 Å². The molecule has 5 nitrogen and oxygen atoms in total. The lowest BCUT2D eigenvalue weighted by molar-refractivity contribution is -0.121. The van der Waals surface area contributed by atoms with E-state index in [4.69, 9.17) is 0 Å². The SMILES string of the molecule is CC(Sc1n[nH]c(C2CC2)n1)C(=O)NC(C)C1CC2CCC1C2. The van der Waals surface area contributed by atoms with Crippen LogP contribution in [0.15, 0.2) is 5.16 Å². The van der Waals surface area contributed by atoms with Crippen LogP contribution in [0.2, 0.25) is 0 Å². The topological polar surface area (TPSA) is 70.7 Å². The first kappa shape index (κ1) is 15.5. The predicted molar refractivity (Wildman–Crippen MR) is 90.2 cm³/mol. The number of aromatic amines is 1. The molecule has 3 aliphatic rings. The molecule has 3 fully saturated rings. The van der Waals surface area contributed by atoms with Crippen molar-refractivity contribution in [2.75, 3.05) is 0 Å². The minimum absolute atomic E-state index is 0.114. The lowest BCUT2D eigenvalue weighted by atomic mass is 9.84. The number of hydrogen-bond acceptors (Lipinski definition) is 4. The Morgan fingerprint density at radius 2 is 2.09 bits per heavy atom. The fourth-order valence-corrected chi connectivity index (χ4v) is 5.16. The maximum Gasteiger partial charge on any atom is 0.233 e. The van der Waals surface area contributed by atoms with Gasteiger partial charge in [-0.2, -0.15) is 0 Å². The van der Waals surface area contributed by atoms with E-state index in [1.54, 1.807) is 0 Å². The second-order valence-corrected chi connectivity index (χ2v) is 8.98. The van der Waals surface area contributed by atoms with Gasteiger partial charge in [0.1, 0.15) is 5.82 Å². The predicted octanol–water partition coefficient (Wildman–Crippen LogP) is 3.10. The van der Waals surface area contributed by atoms with Crippen molar-refractivity contribution in [2.24, 2.45) is 17.8 Å². The lowest BCUT2D eigenvalue weighted by Crippen LogP contribution is -2.43. The number of nitrogens with one attached hydrogen (secondary N) is 2. The van der Waals surface area contributed by atoms with Gasteiger partial charge < -0.3 is 5.32 Å². The molecule has 0 aliphatic heterocycles. The Hall–Kier alpha value is -1.04. The Bertz CT molecular complexity index is 585. The van der Waals surface area contributed by atoms with Gasteiger partial charge in [0.25, 0.3) is 0 Å². The van der Waals surface area contributed by atoms with Crippen LogP contribution in [0.1, 0.15) is 64.1 Å². The normalized spacial score (nSPS) is 32.0. The van der Waals surface area contributed by atoms with Gasteiger partial charge in [-0.1, -0.05) is 18.2 Å². The molecule has 2 N–H and O–H groups in total. The quantitative estimate of drug-likeness (QED) is 0.784. The Labute approximate surface area is 141 Å². The summed E-state index contributed by atoms with van der Waals surface area (Å²) in [6.07, 6.45) is 7.87. The van der Waals surface area contributed by atoms with Crippen LogP contribution in [0, 0.1) is 17.8 Å². The minimum atomic E-state index is -0.154. The van der Waals surface area contributed by atoms with Crippen LogP contribution in [0.5, 0.6) is 0 Å². The van der Waals surface area contributed by atoms with Gasteiger partial charge in [-0.05, 0) is 63.7 Å². The highest BCUT2D eigenvalue weighted by Gasteiger charge is 2.42. The molecule has 3 saturated carbocycles. The van der Waals surface area contributed by atoms with E-state index < -0.39 is 0 Å². The third-order valence-electron chi connectivity index (χ3n) is 5.90. The molecule has 3 aliphatic carbocycles. The number of nitrogens with zero attached hydrogens (tertiary/aromatic N) is 2. The van der Waals surface area contributed by atoms with E-state index >= 15 is 0 Å². The minimum Gasteiger partial charge on any atom is -0.352 e. The molecule has 0 aromatic carbocycles. The molecule has 4 rings (SSSR count). The van der Waals surface area contributed by atoms with Crippen molar-refractivity contribution in [1.29, 1.82) is 0 Å². The van der Waals surface area contributed by atoms with Crippen molar-refractivity contribution in [1.82, 2.24) is 20.5 Å². The zero-order valence-corrected chi connectivity index (χ0v) is 14.7. The summed E-state index contributed by atoms with van der Waals surface area (Å²) >= 11 is 1.45. The van der Waals surface area contributed by atoms with Crippen LogP contribution in [-0.4, -0.2) is 32.4 Å². The Morgan fingerprint density at radius 3 is 2.74 bits per heavy atom. The number of aromatic nitrogens is 3. The van der Waals surface area contributed by atoms with E-state index in [9.17, 15) is 4.79 Å². The van der Waals surface area contributed by atoms with Crippen molar-refractivity contribution < 1.29 is 4.79 Å². The van der Waals surface area contributed by atoms with Gasteiger partial charge in [-0.3, -0.25) is 9.89 Å². The van der Waals surface area contributed by atoms with E-state index in [1.165, 1.54) is 50.3 Å². The van der Waals surface area contributed by atoms with Crippen LogP contribution in [-0.2, 0) is 4.79 Å². The van der Waals surface area contributed by atoms with Crippen molar-refractivity contribution in [3.63, 3.8) is 0 Å². The van der Waals surface area contributed by atoms with Crippen LogP contribution in [0.4, 0.5) is 0 Å². The molecule has 1 aromatic heterocycles. The van der Waals surface area contributed by atoms with Crippen LogP contribution >= 0.6 is 11.8 Å². The van der Waals surface area contributed by atoms with Crippen LogP contribution in [0.25, 0.3) is 0 Å². The van der Waals surface area contributed by atoms with Crippen molar-refractivity contribution in [2.45, 2.75) is 74.7 Å². The van der Waals surface area contributed by atoms with E-state index in [-0.39, 0.29) is 17.2 Å². The summed E-state index contributed by atoms with van der Waals surface area (Å²) in [4.78, 5) is 17.0. The van der Waals surface area contributed by atoms with Gasteiger partial charge in [-0.25, -0.2) is 4.98 Å². The maximum atomic E-state index is 12.5. The third kappa shape index (κ3) is 3.28. The first-order chi connectivity index (χ1) is 11.1. The van der Waals surface area contributed by atoms with Crippen molar-refractivity contribution >= 4 is 17.7 Å². The molecular weight excluding hydrogens is 308 g/mol. The Kier molecular flexibility index (Phi) is 4.12. The van der Waals surface area contributed by atoms with E-state index in [2.05, 4.69) is 27.4 Å². The largest absolute Gasteiger partial charge is 0.352 e. The van der Waals surface area contributed by atoms with Crippen molar-refractivity contribution in [3.8, 4) is 0 Å². The third-order valence-corrected chi connectivity index (χ3v) is 6.86. The number of amides is 1. The number of hydrogen-bond donors (Lipinski definition) is 2. The number of carbonyl (C=O) groups excluding carboxylic acids is 1. The van der Waals surface area contributed by atoms with E-state index in [0.717, 1.165) is 17.7 Å². The molecular formula is C17H26N4OS. The average molecular weight is 334 g/mol. The highest BCUT2D eigenvalue weighted by Crippen LogP contribution is 2.49. The van der Waals surface area contributed by atoms with Crippen LogP contribution in [0.3, 0.4) is 0 Å². The summed E-state index contributed by atoms with van der Waals surface area (Å²) in [6, 6.07) is 0.287. The molecule has 1 amide bonds. The number of thioether (sulfide) groups is 1. The standard InChI is InChI=1S/C17H26N4OS/c1-9(14-8-11-3-4-13(14)7-11)18-16(22)10(2)23-17-19-15(20-21-17)12-5-6-12/h9-14H,3-8H2,1-2H3,(H,18,22)(H,19,20,21). The zero-order chi connectivity index (χ0) is 16.0. The molecule has 6 heteroatoms. The molecule has 5 unspecified atom stereocenters. The first-order valence-electron chi connectivity index (χ1n) is 8.99. The molecule has 23 heavy (non-hydrogen) atoms. The average Bonchev–Trinajstić information content (AvgIpc) is 2.97. The molecule has 126 valence electrons. The van der Waals surface area contributed by atoms with E-state index in [0.29, 0.717) is 17.0 Å². The van der Waals surface area contributed by atoms with Gasteiger partial charge >= 0.3 is 0 Å². The fourth-order valence-electron chi connectivity index (χ4n) is 4.42. The summed E-state index contributed by atoms with van der Waals surface area (Å²) in [5.74, 6) is 4.11. The monoisotopic (exact) mass is 334 g/mol. The molecule has 1 heterocycles. The molecule has 1 aromatic rings. The summed E-state index contributed by atoms with van der Waals surface area (Å²) < 4.78 is 0. The Balaban J connectivity index is 1.29. The number of fused-ring (bicyclic) bond motifs is 2. The summed E-state index contributed by atoms with van der Waals surface area (Å²) in [5.41, 5.74) is 0. The number of H-pyrrole nitrogens is 1. The van der Waals surface area contributed by atoms with Gasteiger partial charge in [0, 0.05) is 12.0 Å². The second kappa shape index (κ2) is 6.11.